The van der Waals surface area contributed by atoms with Crippen LogP contribution in [0.4, 0.5) is 0 Å². The second kappa shape index (κ2) is 13.6. The van der Waals surface area contributed by atoms with Crippen molar-refractivity contribution in [2.24, 2.45) is 0 Å². The number of ketones is 2. The van der Waals surface area contributed by atoms with Gasteiger partial charge in [-0.15, -0.1) is 0 Å². The topological polar surface area (TPSA) is 49.9 Å². The van der Waals surface area contributed by atoms with Crippen molar-refractivity contribution in [1.29, 1.82) is 0 Å². The molecule has 0 unspecified atom stereocenters. The summed E-state index contributed by atoms with van der Waals surface area (Å²) < 4.78 is 0. The van der Waals surface area contributed by atoms with E-state index in [0.717, 1.165) is 81.0 Å². The maximum Gasteiger partial charge on any atom is 0.235 e. The molecule has 0 radical (unpaired) electrons. The molecule has 3 nitrogen and oxygen atoms in total. The Hall–Kier alpha value is -1.64. The number of Topliss-reactive ketones (excluding diaryl/α,β-unsaturated/α-hetero) is 1. The Morgan fingerprint density at radius 2 is 1.20 bits per heavy atom. The third-order valence-corrected chi connectivity index (χ3v) is 6.38. The first-order chi connectivity index (χ1) is 14.6. The van der Waals surface area contributed by atoms with Crippen molar-refractivity contribution in [3.63, 3.8) is 0 Å². The molecule has 0 spiro atoms. The minimum absolute atomic E-state index is 0.294. The van der Waals surface area contributed by atoms with E-state index in [1.807, 2.05) is 0 Å². The first-order valence-electron chi connectivity index (χ1n) is 12.7. The highest BCUT2D eigenvalue weighted by molar-refractivity contribution is 6.50. The molecule has 0 fully saturated rings. The minimum Gasteiger partial charge on any atom is -0.358 e. The first kappa shape index (κ1) is 24.6. The number of aromatic amines is 1. The number of carbonyl (C=O) groups excluding carboxylic acids is 2. The molecule has 168 valence electrons. The smallest absolute Gasteiger partial charge is 0.235 e. The molecule has 0 saturated carbocycles. The fourth-order valence-corrected chi connectivity index (χ4v) is 4.56. The van der Waals surface area contributed by atoms with E-state index >= 15 is 0 Å². The van der Waals surface area contributed by atoms with Crippen molar-refractivity contribution >= 4 is 17.1 Å². The second-order valence-corrected chi connectivity index (χ2v) is 8.98. The van der Waals surface area contributed by atoms with Gasteiger partial charge in [0.1, 0.15) is 0 Å². The number of hydrogen-bond acceptors (Lipinski definition) is 2. The monoisotopic (exact) mass is 413 g/mol. The predicted octanol–water partition coefficient (Wildman–Crippen LogP) is 7.77. The van der Waals surface area contributed by atoms with E-state index in [0.29, 0.717) is 5.56 Å². The maximum atomic E-state index is 12.8. The maximum absolute atomic E-state index is 12.8. The van der Waals surface area contributed by atoms with Gasteiger partial charge in [-0.1, -0.05) is 85.0 Å². The number of nitrogens with one attached hydrogen (secondary N) is 1. The number of hydrogen-bond donors (Lipinski definition) is 1. The van der Waals surface area contributed by atoms with E-state index < -0.39 is 0 Å². The van der Waals surface area contributed by atoms with E-state index in [9.17, 15) is 9.59 Å². The highest BCUT2D eigenvalue weighted by atomic mass is 16.2. The average molecular weight is 414 g/mol. The Morgan fingerprint density at radius 3 is 1.87 bits per heavy atom. The minimum atomic E-state index is -0.327. The summed E-state index contributed by atoms with van der Waals surface area (Å²) in [5.41, 5.74) is 5.08. The van der Waals surface area contributed by atoms with Crippen molar-refractivity contribution in [2.75, 3.05) is 0 Å². The number of fused-ring (bicyclic) bond motifs is 1. The van der Waals surface area contributed by atoms with Crippen LogP contribution in [-0.4, -0.2) is 16.6 Å². The Balaban J connectivity index is 2.15. The van der Waals surface area contributed by atoms with Crippen molar-refractivity contribution in [3.8, 4) is 0 Å². The van der Waals surface area contributed by atoms with Crippen LogP contribution < -0.4 is 0 Å². The van der Waals surface area contributed by atoms with Crippen molar-refractivity contribution < 1.29 is 9.59 Å². The van der Waals surface area contributed by atoms with Gasteiger partial charge in [0.25, 0.3) is 0 Å². The number of H-pyrrole nitrogens is 1. The fraction of sp³-hybridized carbons (Fsp3) is 0.704. The van der Waals surface area contributed by atoms with Crippen LogP contribution in [0.1, 0.15) is 138 Å². The molecule has 1 aliphatic carbocycles. The van der Waals surface area contributed by atoms with Crippen LogP contribution in [-0.2, 0) is 17.6 Å². The molecular weight excluding hydrogens is 370 g/mol. The number of aryl methyl sites for hydroxylation is 1. The normalized spacial score (nSPS) is 13.6. The standard InChI is InChI=1S/C27H43NO2/c1-4-7-10-11-12-13-16-19-23-22(18-15-9-6-3)25-26(28-23)21(17-14-8-5-2)20-24(29)27(25)30/h20,28H,4-19H2,1-3H3. The summed E-state index contributed by atoms with van der Waals surface area (Å²) >= 11 is 0. The average Bonchev–Trinajstić information content (AvgIpc) is 3.10. The molecule has 1 heterocycles. The zero-order valence-electron chi connectivity index (χ0n) is 19.7. The third-order valence-electron chi connectivity index (χ3n) is 6.38. The first-order valence-corrected chi connectivity index (χ1v) is 12.7. The lowest BCUT2D eigenvalue weighted by atomic mass is 9.88. The summed E-state index contributed by atoms with van der Waals surface area (Å²) in [4.78, 5) is 28.9. The lowest BCUT2D eigenvalue weighted by Gasteiger charge is -2.14. The summed E-state index contributed by atoms with van der Waals surface area (Å²) in [6, 6.07) is 0. The third kappa shape index (κ3) is 6.96. The van der Waals surface area contributed by atoms with Gasteiger partial charge in [0, 0.05) is 5.69 Å². The fourth-order valence-electron chi connectivity index (χ4n) is 4.56. The van der Waals surface area contributed by atoms with Crippen LogP contribution in [0.15, 0.2) is 6.08 Å². The van der Waals surface area contributed by atoms with Gasteiger partial charge in [-0.05, 0) is 55.7 Å². The van der Waals surface area contributed by atoms with Gasteiger partial charge >= 0.3 is 0 Å². The molecule has 1 aliphatic rings. The largest absolute Gasteiger partial charge is 0.358 e. The summed E-state index contributed by atoms with van der Waals surface area (Å²) in [5.74, 6) is -0.620. The Kier molecular flexibility index (Phi) is 11.2. The van der Waals surface area contributed by atoms with Gasteiger partial charge in [0.15, 0.2) is 0 Å². The Morgan fingerprint density at radius 1 is 0.667 bits per heavy atom. The lowest BCUT2D eigenvalue weighted by molar-refractivity contribution is -0.111. The summed E-state index contributed by atoms with van der Waals surface area (Å²) in [6.45, 7) is 6.65. The molecule has 0 aromatic carbocycles. The van der Waals surface area contributed by atoms with Crippen LogP contribution in [0, 0.1) is 0 Å². The van der Waals surface area contributed by atoms with E-state index in [4.69, 9.17) is 0 Å². The number of carbonyl (C=O) groups is 2. The van der Waals surface area contributed by atoms with Crippen LogP contribution in [0.25, 0.3) is 5.57 Å². The van der Waals surface area contributed by atoms with Crippen molar-refractivity contribution in [3.05, 3.63) is 28.6 Å². The van der Waals surface area contributed by atoms with Gasteiger partial charge in [-0.3, -0.25) is 9.59 Å². The van der Waals surface area contributed by atoms with Crippen LogP contribution in [0.3, 0.4) is 0 Å². The van der Waals surface area contributed by atoms with Gasteiger partial charge in [-0.25, -0.2) is 0 Å². The van der Waals surface area contributed by atoms with Gasteiger partial charge in [0.2, 0.25) is 11.6 Å². The van der Waals surface area contributed by atoms with Crippen molar-refractivity contribution in [2.45, 2.75) is 124 Å². The number of allylic oxidation sites excluding steroid dienone is 2. The van der Waals surface area contributed by atoms with Gasteiger partial charge in [-0.2, -0.15) is 0 Å². The Labute approximate surface area is 184 Å². The molecule has 1 aromatic heterocycles. The highest BCUT2D eigenvalue weighted by Crippen LogP contribution is 2.34. The molecule has 0 bridgehead atoms. The van der Waals surface area contributed by atoms with E-state index in [1.165, 1.54) is 44.2 Å². The lowest BCUT2D eigenvalue weighted by Crippen LogP contribution is -2.19. The van der Waals surface area contributed by atoms with E-state index in [2.05, 4.69) is 25.8 Å². The molecule has 2 rings (SSSR count). The zero-order chi connectivity index (χ0) is 21.8. The van der Waals surface area contributed by atoms with Crippen LogP contribution in [0.5, 0.6) is 0 Å². The SMILES string of the molecule is CCCCCCCCCc1[nH]c2c(c1CCCCC)C(=O)C(=O)C=C2CCCCC. The number of aromatic nitrogens is 1. The van der Waals surface area contributed by atoms with E-state index in [1.54, 1.807) is 6.08 Å². The molecule has 1 aromatic rings. The number of rotatable bonds is 16. The summed E-state index contributed by atoms with van der Waals surface area (Å²) in [6.07, 6.45) is 20.2. The zero-order valence-corrected chi connectivity index (χ0v) is 19.7. The van der Waals surface area contributed by atoms with E-state index in [-0.39, 0.29) is 11.6 Å². The van der Waals surface area contributed by atoms with Gasteiger partial charge < -0.3 is 4.98 Å². The van der Waals surface area contributed by atoms with Crippen molar-refractivity contribution in [1.82, 2.24) is 4.98 Å². The molecule has 30 heavy (non-hydrogen) atoms. The molecule has 0 aliphatic heterocycles. The summed E-state index contributed by atoms with van der Waals surface area (Å²) in [7, 11) is 0. The highest BCUT2D eigenvalue weighted by Gasteiger charge is 2.31. The molecule has 0 amide bonds. The molecular formula is C27H43NO2. The van der Waals surface area contributed by atoms with Crippen LogP contribution >= 0.6 is 0 Å². The molecule has 1 N–H and O–H groups in total. The number of unbranched alkanes of at least 4 members (excludes halogenated alkanes) is 10. The molecule has 0 saturated heterocycles. The predicted molar refractivity (Wildman–Crippen MR) is 127 cm³/mol. The molecule has 0 atom stereocenters. The molecule has 3 heteroatoms. The quantitative estimate of drug-likeness (QED) is 0.222. The van der Waals surface area contributed by atoms with Gasteiger partial charge in [0.05, 0.1) is 11.3 Å². The summed E-state index contributed by atoms with van der Waals surface area (Å²) in [5, 5.41) is 0. The Bertz CT molecular complexity index is 711. The second-order valence-electron chi connectivity index (χ2n) is 8.98. The van der Waals surface area contributed by atoms with Crippen LogP contribution in [0.2, 0.25) is 0 Å².